The van der Waals surface area contributed by atoms with Gasteiger partial charge < -0.3 is 9.47 Å². The van der Waals surface area contributed by atoms with Crippen molar-refractivity contribution < 1.29 is 24.0 Å². The Hall–Kier alpha value is -4.99. The number of nitrogens with one attached hydrogen (secondary N) is 1. The minimum Gasteiger partial charge on any atom is -0.494 e. The summed E-state index contributed by atoms with van der Waals surface area (Å²) in [5.74, 6) is -0.0439. The normalized spacial score (nSPS) is 14.3. The van der Waals surface area contributed by atoms with Gasteiger partial charge in [-0.3, -0.25) is 24.9 Å². The number of carbonyl (C=O) groups is 2. The molecular formula is C28H24N4O6. The lowest BCUT2D eigenvalue weighted by atomic mass is 9.95. The molecule has 0 radical (unpaired) electrons. The Morgan fingerprint density at radius 3 is 2.29 bits per heavy atom. The van der Waals surface area contributed by atoms with Crippen molar-refractivity contribution in [2.75, 3.05) is 18.1 Å². The lowest BCUT2D eigenvalue weighted by Crippen LogP contribution is -2.29. The number of carbonyl (C=O) groups excluding carboxylic acids is 2. The second kappa shape index (κ2) is 10.2. The average Bonchev–Trinajstić information content (AvgIpc) is 3.48. The number of nitro groups is 1. The molecule has 10 nitrogen and oxygen atoms in total. The summed E-state index contributed by atoms with van der Waals surface area (Å²) in [6.07, 6.45) is 0. The van der Waals surface area contributed by atoms with Crippen molar-refractivity contribution in [2.45, 2.75) is 19.9 Å². The Kier molecular flexibility index (Phi) is 6.61. The van der Waals surface area contributed by atoms with Crippen LogP contribution in [0.15, 0.2) is 72.8 Å². The summed E-state index contributed by atoms with van der Waals surface area (Å²) in [5, 5.41) is 18.6. The number of hydrogen-bond acceptors (Lipinski definition) is 7. The third-order valence-electron chi connectivity index (χ3n) is 6.28. The van der Waals surface area contributed by atoms with Crippen molar-refractivity contribution >= 4 is 23.3 Å². The molecule has 0 saturated carbocycles. The first-order valence-corrected chi connectivity index (χ1v) is 12.1. The molecule has 0 spiro atoms. The molecule has 1 aromatic heterocycles. The minimum absolute atomic E-state index is 0.0532. The molecule has 0 unspecified atom stereocenters. The fourth-order valence-electron chi connectivity index (χ4n) is 4.58. The number of ether oxygens (including phenoxy) is 2. The second-order valence-corrected chi connectivity index (χ2v) is 8.51. The molecule has 10 heteroatoms. The van der Waals surface area contributed by atoms with E-state index in [-0.39, 0.29) is 18.2 Å². The van der Waals surface area contributed by atoms with Crippen LogP contribution in [0.4, 0.5) is 11.4 Å². The number of amides is 1. The Morgan fingerprint density at radius 1 is 1.00 bits per heavy atom. The first kappa shape index (κ1) is 24.7. The van der Waals surface area contributed by atoms with E-state index in [9.17, 15) is 19.7 Å². The average molecular weight is 513 g/mol. The predicted octanol–water partition coefficient (Wildman–Crippen LogP) is 5.31. The molecular weight excluding hydrogens is 488 g/mol. The first-order chi connectivity index (χ1) is 18.4. The van der Waals surface area contributed by atoms with Gasteiger partial charge in [0, 0.05) is 28.9 Å². The van der Waals surface area contributed by atoms with Crippen LogP contribution in [0.25, 0.3) is 11.3 Å². The SMILES string of the molecule is CCOC(=O)c1ccc(N2C(=O)c3[nH]nc(-c4ccc(OCC)cc4)c3[C@@H]2c2ccc([N+](=O)[O-])cc2)cc1. The third-order valence-corrected chi connectivity index (χ3v) is 6.28. The number of H-pyrrole nitrogens is 1. The quantitative estimate of drug-likeness (QED) is 0.192. The van der Waals surface area contributed by atoms with Crippen molar-refractivity contribution in [1.82, 2.24) is 10.2 Å². The molecule has 1 amide bonds. The van der Waals surface area contributed by atoms with Crippen LogP contribution in [0, 0.1) is 10.1 Å². The number of rotatable bonds is 8. The van der Waals surface area contributed by atoms with Gasteiger partial charge in [-0.25, -0.2) is 4.79 Å². The number of fused-ring (bicyclic) bond motifs is 1. The fraction of sp³-hybridized carbons (Fsp3) is 0.179. The lowest BCUT2D eigenvalue weighted by molar-refractivity contribution is -0.384. The van der Waals surface area contributed by atoms with Gasteiger partial charge in [-0.2, -0.15) is 5.10 Å². The van der Waals surface area contributed by atoms with Gasteiger partial charge >= 0.3 is 5.97 Å². The van der Waals surface area contributed by atoms with Gasteiger partial charge in [-0.1, -0.05) is 0 Å². The van der Waals surface area contributed by atoms with Crippen LogP contribution in [-0.2, 0) is 4.74 Å². The van der Waals surface area contributed by atoms with Gasteiger partial charge in [-0.15, -0.1) is 0 Å². The van der Waals surface area contributed by atoms with Gasteiger partial charge in [0.15, 0.2) is 0 Å². The van der Waals surface area contributed by atoms with Gasteiger partial charge in [0.1, 0.15) is 11.4 Å². The molecule has 1 aliphatic heterocycles. The summed E-state index contributed by atoms with van der Waals surface area (Å²) in [6.45, 7) is 4.43. The Labute approximate surface area is 218 Å². The third kappa shape index (κ3) is 4.36. The van der Waals surface area contributed by atoms with Crippen LogP contribution < -0.4 is 9.64 Å². The Bertz CT molecular complexity index is 1490. The highest BCUT2D eigenvalue weighted by molar-refractivity contribution is 6.12. The van der Waals surface area contributed by atoms with Gasteiger partial charge in [0.05, 0.1) is 35.4 Å². The van der Waals surface area contributed by atoms with Crippen molar-refractivity contribution in [3.8, 4) is 17.0 Å². The predicted molar refractivity (Wildman–Crippen MR) is 139 cm³/mol. The smallest absolute Gasteiger partial charge is 0.338 e. The highest BCUT2D eigenvalue weighted by Crippen LogP contribution is 2.45. The standard InChI is InChI=1S/C28H24N4O6/c1-3-37-22-15-9-17(10-16-22)24-23-25(30-29-24)27(33)31(20-11-7-19(8-12-20)28(34)38-4-2)26(23)18-5-13-21(14-6-18)32(35)36/h5-16,26H,3-4H2,1-2H3,(H,29,30)/t26-/m0/s1. The number of anilines is 1. The maximum atomic E-state index is 13.7. The number of nitro benzene ring substituents is 1. The summed E-state index contributed by atoms with van der Waals surface area (Å²) < 4.78 is 10.6. The molecule has 38 heavy (non-hydrogen) atoms. The van der Waals surface area contributed by atoms with Crippen LogP contribution in [0.2, 0.25) is 0 Å². The molecule has 1 N–H and O–H groups in total. The van der Waals surface area contributed by atoms with Crippen LogP contribution in [0.3, 0.4) is 0 Å². The van der Waals surface area contributed by atoms with E-state index in [0.717, 1.165) is 11.3 Å². The van der Waals surface area contributed by atoms with E-state index in [1.807, 2.05) is 31.2 Å². The highest BCUT2D eigenvalue weighted by Gasteiger charge is 2.43. The minimum atomic E-state index is -0.618. The first-order valence-electron chi connectivity index (χ1n) is 12.1. The highest BCUT2D eigenvalue weighted by atomic mass is 16.6. The number of aromatic amines is 1. The van der Waals surface area contributed by atoms with E-state index in [2.05, 4.69) is 10.2 Å². The second-order valence-electron chi connectivity index (χ2n) is 8.51. The number of benzene rings is 3. The summed E-state index contributed by atoms with van der Waals surface area (Å²) >= 11 is 0. The van der Waals surface area contributed by atoms with Crippen molar-refractivity contribution in [2.24, 2.45) is 0 Å². The van der Waals surface area contributed by atoms with Crippen LogP contribution in [0.5, 0.6) is 5.75 Å². The van der Waals surface area contributed by atoms with Crippen molar-refractivity contribution in [3.63, 3.8) is 0 Å². The van der Waals surface area contributed by atoms with E-state index >= 15 is 0 Å². The number of nitrogens with zero attached hydrogens (tertiary/aromatic N) is 3. The van der Waals surface area contributed by atoms with Crippen LogP contribution in [-0.4, -0.2) is 40.2 Å². The molecule has 3 aromatic carbocycles. The van der Waals surface area contributed by atoms with E-state index in [4.69, 9.17) is 9.47 Å². The number of non-ortho nitro benzene ring substituents is 1. The molecule has 1 aliphatic rings. The lowest BCUT2D eigenvalue weighted by Gasteiger charge is -2.26. The summed E-state index contributed by atoms with van der Waals surface area (Å²) in [4.78, 5) is 38.2. The Morgan fingerprint density at radius 2 is 1.68 bits per heavy atom. The molecule has 192 valence electrons. The summed E-state index contributed by atoms with van der Waals surface area (Å²) in [7, 11) is 0. The molecule has 0 aliphatic carbocycles. The summed E-state index contributed by atoms with van der Waals surface area (Å²) in [6, 6.07) is 19.5. The molecule has 2 heterocycles. The monoisotopic (exact) mass is 512 g/mol. The maximum absolute atomic E-state index is 13.7. The van der Waals surface area contributed by atoms with E-state index in [0.29, 0.717) is 40.4 Å². The van der Waals surface area contributed by atoms with E-state index < -0.39 is 16.9 Å². The largest absolute Gasteiger partial charge is 0.494 e. The Balaban J connectivity index is 1.61. The van der Waals surface area contributed by atoms with Gasteiger partial charge in [0.2, 0.25) is 0 Å². The van der Waals surface area contributed by atoms with E-state index in [1.165, 1.54) is 12.1 Å². The summed E-state index contributed by atoms with van der Waals surface area (Å²) in [5.41, 5.74) is 3.89. The maximum Gasteiger partial charge on any atom is 0.338 e. The molecule has 0 saturated heterocycles. The molecule has 4 aromatic rings. The van der Waals surface area contributed by atoms with Gasteiger partial charge in [-0.05, 0) is 80.1 Å². The van der Waals surface area contributed by atoms with Crippen LogP contribution >= 0.6 is 0 Å². The van der Waals surface area contributed by atoms with Gasteiger partial charge in [0.25, 0.3) is 11.6 Å². The fourth-order valence-corrected chi connectivity index (χ4v) is 4.58. The topological polar surface area (TPSA) is 128 Å². The number of esters is 1. The van der Waals surface area contributed by atoms with Crippen LogP contribution in [0.1, 0.15) is 51.9 Å². The zero-order chi connectivity index (χ0) is 26.8. The molecule has 0 bridgehead atoms. The molecule has 5 rings (SSSR count). The number of aromatic nitrogens is 2. The zero-order valence-corrected chi connectivity index (χ0v) is 20.7. The number of hydrogen-bond donors (Lipinski definition) is 1. The van der Waals surface area contributed by atoms with E-state index in [1.54, 1.807) is 48.2 Å². The molecule has 0 fully saturated rings. The molecule has 1 atom stereocenters. The zero-order valence-electron chi connectivity index (χ0n) is 20.7. The van der Waals surface area contributed by atoms with Crippen molar-refractivity contribution in [1.29, 1.82) is 0 Å². The van der Waals surface area contributed by atoms with Crippen molar-refractivity contribution in [3.05, 3.63) is 105 Å².